The summed E-state index contributed by atoms with van der Waals surface area (Å²) in [6.45, 7) is 0. The Labute approximate surface area is 114 Å². The lowest BCUT2D eigenvalue weighted by molar-refractivity contribution is -0.128. The Kier molecular flexibility index (Phi) is 4.31. The molecule has 0 saturated carbocycles. The van der Waals surface area contributed by atoms with Crippen LogP contribution in [0.2, 0.25) is 0 Å². The molecular weight excluding hydrogens is 292 g/mol. The zero-order valence-electron chi connectivity index (χ0n) is 9.55. The van der Waals surface area contributed by atoms with E-state index >= 15 is 0 Å². The monoisotopic (exact) mass is 302 g/mol. The standard InChI is InChI=1S/C15H11BrO2/c16-13-8-4-5-9-14(13)18-15(17)11-10-12-6-2-1-3-7-12/h1-11H/b11-10+. The normalized spacial score (nSPS) is 10.5. The topological polar surface area (TPSA) is 26.3 Å². The van der Waals surface area contributed by atoms with E-state index in [0.717, 1.165) is 10.0 Å². The molecule has 0 spiro atoms. The molecule has 0 fully saturated rings. The summed E-state index contributed by atoms with van der Waals surface area (Å²) in [5, 5.41) is 0. The van der Waals surface area contributed by atoms with Crippen LogP contribution in [0.1, 0.15) is 5.56 Å². The molecule has 0 amide bonds. The Morgan fingerprint density at radius 2 is 1.67 bits per heavy atom. The van der Waals surface area contributed by atoms with Gasteiger partial charge in [0.15, 0.2) is 0 Å². The second-order valence-electron chi connectivity index (χ2n) is 3.60. The molecule has 2 nitrogen and oxygen atoms in total. The lowest BCUT2D eigenvalue weighted by atomic mass is 10.2. The van der Waals surface area contributed by atoms with Gasteiger partial charge in [-0.25, -0.2) is 4.79 Å². The van der Waals surface area contributed by atoms with Crippen LogP contribution >= 0.6 is 15.9 Å². The SMILES string of the molecule is O=C(/C=C/c1ccccc1)Oc1ccccc1Br. The van der Waals surface area contributed by atoms with Gasteiger partial charge in [-0.05, 0) is 39.7 Å². The van der Waals surface area contributed by atoms with Gasteiger partial charge in [-0.1, -0.05) is 42.5 Å². The third-order valence-corrected chi connectivity index (χ3v) is 2.91. The van der Waals surface area contributed by atoms with E-state index in [1.807, 2.05) is 48.5 Å². The maximum Gasteiger partial charge on any atom is 0.336 e. The maximum absolute atomic E-state index is 11.6. The molecule has 0 unspecified atom stereocenters. The highest BCUT2D eigenvalue weighted by atomic mass is 79.9. The molecule has 90 valence electrons. The third-order valence-electron chi connectivity index (χ3n) is 2.26. The van der Waals surface area contributed by atoms with Crippen LogP contribution in [0, 0.1) is 0 Å². The summed E-state index contributed by atoms with van der Waals surface area (Å²) in [4.78, 5) is 11.6. The van der Waals surface area contributed by atoms with E-state index in [1.165, 1.54) is 6.08 Å². The molecule has 0 aliphatic heterocycles. The molecule has 2 aromatic rings. The van der Waals surface area contributed by atoms with Crippen LogP contribution in [0.25, 0.3) is 6.08 Å². The smallest absolute Gasteiger partial charge is 0.336 e. The van der Waals surface area contributed by atoms with Crippen molar-refractivity contribution in [1.29, 1.82) is 0 Å². The highest BCUT2D eigenvalue weighted by Crippen LogP contribution is 2.23. The van der Waals surface area contributed by atoms with Crippen molar-refractivity contribution in [1.82, 2.24) is 0 Å². The molecule has 0 bridgehead atoms. The number of halogens is 1. The summed E-state index contributed by atoms with van der Waals surface area (Å²) in [5.41, 5.74) is 0.960. The second kappa shape index (κ2) is 6.17. The fourth-order valence-electron chi connectivity index (χ4n) is 1.40. The largest absolute Gasteiger partial charge is 0.422 e. The summed E-state index contributed by atoms with van der Waals surface area (Å²) in [7, 11) is 0. The highest BCUT2D eigenvalue weighted by molar-refractivity contribution is 9.10. The van der Waals surface area contributed by atoms with Crippen LogP contribution in [0.5, 0.6) is 5.75 Å². The van der Waals surface area contributed by atoms with Gasteiger partial charge in [0.2, 0.25) is 0 Å². The number of benzene rings is 2. The van der Waals surface area contributed by atoms with E-state index in [0.29, 0.717) is 5.75 Å². The Morgan fingerprint density at radius 1 is 1.00 bits per heavy atom. The number of ether oxygens (including phenoxy) is 1. The third kappa shape index (κ3) is 3.57. The van der Waals surface area contributed by atoms with Gasteiger partial charge in [-0.2, -0.15) is 0 Å². The second-order valence-corrected chi connectivity index (χ2v) is 4.45. The summed E-state index contributed by atoms with van der Waals surface area (Å²) >= 11 is 3.32. The zero-order chi connectivity index (χ0) is 12.8. The average Bonchev–Trinajstić information content (AvgIpc) is 2.40. The van der Waals surface area contributed by atoms with Crippen molar-refractivity contribution in [3.8, 4) is 5.75 Å². The molecule has 0 aromatic heterocycles. The first-order chi connectivity index (χ1) is 8.75. The van der Waals surface area contributed by atoms with Crippen LogP contribution in [-0.4, -0.2) is 5.97 Å². The number of rotatable bonds is 3. The first kappa shape index (κ1) is 12.6. The summed E-state index contributed by atoms with van der Waals surface area (Å²) in [6.07, 6.45) is 3.13. The molecule has 0 aliphatic carbocycles. The molecule has 0 radical (unpaired) electrons. The molecule has 2 aromatic carbocycles. The lowest BCUT2D eigenvalue weighted by Crippen LogP contribution is -2.03. The van der Waals surface area contributed by atoms with Crippen LogP contribution in [0.3, 0.4) is 0 Å². The average molecular weight is 303 g/mol. The van der Waals surface area contributed by atoms with Crippen molar-refractivity contribution in [3.63, 3.8) is 0 Å². The van der Waals surface area contributed by atoms with Crippen molar-refractivity contribution in [2.24, 2.45) is 0 Å². The van der Waals surface area contributed by atoms with Gasteiger partial charge in [0.1, 0.15) is 5.75 Å². The molecule has 18 heavy (non-hydrogen) atoms. The van der Waals surface area contributed by atoms with E-state index in [-0.39, 0.29) is 0 Å². The van der Waals surface area contributed by atoms with Crippen molar-refractivity contribution >= 4 is 28.0 Å². The molecule has 0 saturated heterocycles. The van der Waals surface area contributed by atoms with E-state index in [9.17, 15) is 4.79 Å². The quantitative estimate of drug-likeness (QED) is 0.485. The first-order valence-corrected chi connectivity index (χ1v) is 6.24. The fraction of sp³-hybridized carbons (Fsp3) is 0. The van der Waals surface area contributed by atoms with E-state index < -0.39 is 5.97 Å². The van der Waals surface area contributed by atoms with Gasteiger partial charge in [0.05, 0.1) is 4.47 Å². The summed E-state index contributed by atoms with van der Waals surface area (Å²) in [5.74, 6) is 0.117. The molecule has 3 heteroatoms. The van der Waals surface area contributed by atoms with Gasteiger partial charge >= 0.3 is 5.97 Å². The van der Waals surface area contributed by atoms with Gasteiger partial charge in [0, 0.05) is 6.08 Å². The van der Waals surface area contributed by atoms with E-state index in [4.69, 9.17) is 4.74 Å². The predicted octanol–water partition coefficient (Wildman–Crippen LogP) is 4.07. The van der Waals surface area contributed by atoms with Crippen molar-refractivity contribution < 1.29 is 9.53 Å². The number of carbonyl (C=O) groups excluding carboxylic acids is 1. The minimum Gasteiger partial charge on any atom is -0.422 e. The van der Waals surface area contributed by atoms with Gasteiger partial charge in [-0.15, -0.1) is 0 Å². The molecular formula is C15H11BrO2. The van der Waals surface area contributed by atoms with Crippen LogP contribution in [-0.2, 0) is 4.79 Å². The molecule has 0 aliphatic rings. The number of esters is 1. The summed E-state index contributed by atoms with van der Waals surface area (Å²) < 4.78 is 5.95. The predicted molar refractivity (Wildman–Crippen MR) is 75.3 cm³/mol. The van der Waals surface area contributed by atoms with Crippen molar-refractivity contribution in [2.75, 3.05) is 0 Å². The van der Waals surface area contributed by atoms with E-state index in [2.05, 4.69) is 15.9 Å². The Bertz CT molecular complexity index is 562. The van der Waals surface area contributed by atoms with Crippen LogP contribution in [0.4, 0.5) is 0 Å². The fourth-order valence-corrected chi connectivity index (χ4v) is 1.76. The molecule has 0 N–H and O–H groups in total. The van der Waals surface area contributed by atoms with Crippen LogP contribution < -0.4 is 4.74 Å². The minimum atomic E-state index is -0.397. The van der Waals surface area contributed by atoms with Gasteiger partial charge in [-0.3, -0.25) is 0 Å². The molecule has 2 rings (SSSR count). The first-order valence-electron chi connectivity index (χ1n) is 5.45. The van der Waals surface area contributed by atoms with Gasteiger partial charge < -0.3 is 4.74 Å². The highest BCUT2D eigenvalue weighted by Gasteiger charge is 2.03. The van der Waals surface area contributed by atoms with Crippen LogP contribution in [0.15, 0.2) is 65.1 Å². The number of hydrogen-bond donors (Lipinski definition) is 0. The van der Waals surface area contributed by atoms with Crippen molar-refractivity contribution in [3.05, 3.63) is 70.7 Å². The Balaban J connectivity index is 2.02. The Morgan fingerprint density at radius 3 is 2.39 bits per heavy atom. The number of hydrogen-bond acceptors (Lipinski definition) is 2. The van der Waals surface area contributed by atoms with E-state index in [1.54, 1.807) is 12.1 Å². The minimum absolute atomic E-state index is 0.397. The zero-order valence-corrected chi connectivity index (χ0v) is 11.1. The summed E-state index contributed by atoms with van der Waals surface area (Å²) in [6, 6.07) is 16.8. The number of para-hydroxylation sites is 1. The lowest BCUT2D eigenvalue weighted by Gasteiger charge is -2.02. The Hall–Kier alpha value is -1.87. The number of carbonyl (C=O) groups is 1. The molecule has 0 heterocycles. The van der Waals surface area contributed by atoms with Crippen molar-refractivity contribution in [2.45, 2.75) is 0 Å². The van der Waals surface area contributed by atoms with Gasteiger partial charge in [0.25, 0.3) is 0 Å². The molecule has 0 atom stereocenters. The maximum atomic E-state index is 11.6.